The second-order valence-corrected chi connectivity index (χ2v) is 9.73. The highest BCUT2D eigenvalue weighted by molar-refractivity contribution is 7.89. The number of aromatic nitrogens is 1. The van der Waals surface area contributed by atoms with Crippen LogP contribution in [0.5, 0.6) is 5.75 Å². The van der Waals surface area contributed by atoms with Crippen molar-refractivity contribution in [2.45, 2.75) is 26.3 Å². The Bertz CT molecular complexity index is 826. The van der Waals surface area contributed by atoms with Crippen molar-refractivity contribution in [3.63, 3.8) is 0 Å². The number of nitrogens with zero attached hydrogens (tertiary/aromatic N) is 3. The van der Waals surface area contributed by atoms with E-state index in [0.29, 0.717) is 13.1 Å². The molecule has 0 N–H and O–H groups in total. The molecule has 2 heterocycles. The largest absolute Gasteiger partial charge is 0.497 e. The predicted molar refractivity (Wildman–Crippen MR) is 110 cm³/mol. The number of methoxy groups -OCH3 is 1. The van der Waals surface area contributed by atoms with Crippen molar-refractivity contribution in [3.8, 4) is 17.0 Å². The molecule has 1 aromatic heterocycles. The Morgan fingerprint density at radius 1 is 1.15 bits per heavy atom. The zero-order valence-corrected chi connectivity index (χ0v) is 17.6. The summed E-state index contributed by atoms with van der Waals surface area (Å²) in [7, 11) is -1.44. The molecule has 1 saturated heterocycles. The summed E-state index contributed by atoms with van der Waals surface area (Å²) in [5, 5.41) is 3.13. The summed E-state index contributed by atoms with van der Waals surface area (Å²) in [5.41, 5.74) is 2.04. The fourth-order valence-corrected chi connectivity index (χ4v) is 5.57. The molecule has 8 heteroatoms. The fraction of sp³-hybridized carbons (Fsp3) is 0.526. The average Bonchev–Trinajstić information content (AvgIpc) is 3.15. The molecule has 0 spiro atoms. The fourth-order valence-electron chi connectivity index (χ4n) is 3.09. The normalized spacial score (nSPS) is 16.5. The number of benzene rings is 1. The van der Waals surface area contributed by atoms with Crippen molar-refractivity contribution < 1.29 is 13.2 Å². The molecule has 1 aliphatic rings. The van der Waals surface area contributed by atoms with Crippen LogP contribution in [0.4, 0.5) is 0 Å². The van der Waals surface area contributed by atoms with E-state index < -0.39 is 10.0 Å². The van der Waals surface area contributed by atoms with Crippen molar-refractivity contribution >= 4 is 21.4 Å². The lowest BCUT2D eigenvalue weighted by atomic mass is 10.2. The van der Waals surface area contributed by atoms with E-state index in [4.69, 9.17) is 9.72 Å². The smallest absolute Gasteiger partial charge is 0.214 e. The first-order valence-corrected chi connectivity index (χ1v) is 11.8. The van der Waals surface area contributed by atoms with E-state index >= 15 is 0 Å². The van der Waals surface area contributed by atoms with E-state index in [1.807, 2.05) is 31.2 Å². The molecule has 3 rings (SSSR count). The first-order chi connectivity index (χ1) is 13.0. The molecule has 1 aliphatic heterocycles. The molecule has 0 saturated carbocycles. The van der Waals surface area contributed by atoms with Crippen LogP contribution in [0.1, 0.15) is 24.8 Å². The number of thiazole rings is 1. The molecule has 0 radical (unpaired) electrons. The zero-order chi connectivity index (χ0) is 19.3. The first kappa shape index (κ1) is 20.3. The summed E-state index contributed by atoms with van der Waals surface area (Å²) in [6.45, 7) is 5.43. The van der Waals surface area contributed by atoms with Gasteiger partial charge in [-0.1, -0.05) is 13.3 Å². The SMILES string of the molecule is CCCCS(=O)(=O)N1CCN(Cc2nc(-c3ccc(OC)cc3)cs2)CC1. The van der Waals surface area contributed by atoms with Gasteiger partial charge in [-0.2, -0.15) is 4.31 Å². The van der Waals surface area contributed by atoms with Gasteiger partial charge in [0.05, 0.1) is 25.1 Å². The van der Waals surface area contributed by atoms with Crippen LogP contribution in [0.3, 0.4) is 0 Å². The lowest BCUT2D eigenvalue weighted by molar-refractivity contribution is 0.181. The van der Waals surface area contributed by atoms with Crippen LogP contribution in [0, 0.1) is 0 Å². The Morgan fingerprint density at radius 2 is 1.85 bits per heavy atom. The third-order valence-corrected chi connectivity index (χ3v) is 7.57. The van der Waals surface area contributed by atoms with E-state index in [2.05, 4.69) is 10.3 Å². The monoisotopic (exact) mass is 409 g/mol. The van der Waals surface area contributed by atoms with E-state index in [9.17, 15) is 8.42 Å². The molecule has 0 atom stereocenters. The maximum Gasteiger partial charge on any atom is 0.214 e. The second kappa shape index (κ2) is 9.14. The number of rotatable bonds is 8. The van der Waals surface area contributed by atoms with Crippen LogP contribution >= 0.6 is 11.3 Å². The number of unbranched alkanes of at least 4 members (excludes halogenated alkanes) is 1. The summed E-state index contributed by atoms with van der Waals surface area (Å²) >= 11 is 1.65. The Balaban J connectivity index is 1.54. The zero-order valence-electron chi connectivity index (χ0n) is 15.9. The number of piperazine rings is 1. The summed E-state index contributed by atoms with van der Waals surface area (Å²) in [6, 6.07) is 7.90. The minimum atomic E-state index is -3.10. The van der Waals surface area contributed by atoms with Gasteiger partial charge in [0.15, 0.2) is 0 Å². The third-order valence-electron chi connectivity index (χ3n) is 4.78. The van der Waals surface area contributed by atoms with Crippen LogP contribution < -0.4 is 4.74 Å². The van der Waals surface area contributed by atoms with Crippen molar-refractivity contribution in [2.24, 2.45) is 0 Å². The van der Waals surface area contributed by atoms with Crippen LogP contribution in [0.25, 0.3) is 11.3 Å². The number of hydrogen-bond donors (Lipinski definition) is 0. The van der Waals surface area contributed by atoms with Crippen LogP contribution in [0.15, 0.2) is 29.6 Å². The van der Waals surface area contributed by atoms with Gasteiger partial charge in [-0.05, 0) is 30.7 Å². The van der Waals surface area contributed by atoms with E-state index in [1.54, 1.807) is 22.8 Å². The summed E-state index contributed by atoms with van der Waals surface area (Å²) in [6.07, 6.45) is 1.63. The maximum absolute atomic E-state index is 12.3. The second-order valence-electron chi connectivity index (χ2n) is 6.70. The van der Waals surface area contributed by atoms with Gasteiger partial charge in [0, 0.05) is 37.1 Å². The quantitative estimate of drug-likeness (QED) is 0.670. The van der Waals surface area contributed by atoms with Gasteiger partial charge >= 0.3 is 0 Å². The number of sulfonamides is 1. The third kappa shape index (κ3) is 5.28. The summed E-state index contributed by atoms with van der Waals surface area (Å²) < 4.78 is 31.4. The van der Waals surface area contributed by atoms with Gasteiger partial charge in [0.2, 0.25) is 10.0 Å². The molecule has 0 unspecified atom stereocenters. The molecule has 1 aromatic carbocycles. The first-order valence-electron chi connectivity index (χ1n) is 9.31. The van der Waals surface area contributed by atoms with Crippen molar-refractivity contribution in [1.29, 1.82) is 0 Å². The lowest BCUT2D eigenvalue weighted by Gasteiger charge is -2.33. The molecular formula is C19H27N3O3S2. The minimum absolute atomic E-state index is 0.265. The van der Waals surface area contributed by atoms with Crippen molar-refractivity contribution in [2.75, 3.05) is 39.0 Å². The van der Waals surface area contributed by atoms with Crippen LogP contribution in [-0.4, -0.2) is 61.6 Å². The topological polar surface area (TPSA) is 62.7 Å². The Kier molecular flexibility index (Phi) is 6.86. The molecule has 0 amide bonds. The van der Waals surface area contributed by atoms with Gasteiger partial charge in [0.1, 0.15) is 10.8 Å². The molecular weight excluding hydrogens is 382 g/mol. The molecule has 0 aliphatic carbocycles. The van der Waals surface area contributed by atoms with Gasteiger partial charge in [-0.3, -0.25) is 4.90 Å². The summed E-state index contributed by atoms with van der Waals surface area (Å²) in [5.74, 6) is 1.10. The van der Waals surface area contributed by atoms with E-state index in [0.717, 1.165) is 54.5 Å². The standard InChI is InChI=1S/C19H27N3O3S2/c1-3-4-13-27(23,24)22-11-9-21(10-12-22)14-19-20-18(15-26-19)16-5-7-17(25-2)8-6-16/h5-8,15H,3-4,9-14H2,1-2H3. The molecule has 1 fully saturated rings. The molecule has 6 nitrogen and oxygen atoms in total. The van der Waals surface area contributed by atoms with Gasteiger partial charge < -0.3 is 4.74 Å². The lowest BCUT2D eigenvalue weighted by Crippen LogP contribution is -2.48. The Hall–Kier alpha value is -1.48. The molecule has 2 aromatic rings. The Labute approximate surface area is 165 Å². The number of hydrogen-bond acceptors (Lipinski definition) is 6. The molecule has 148 valence electrons. The van der Waals surface area contributed by atoms with Crippen molar-refractivity contribution in [1.82, 2.24) is 14.2 Å². The molecule has 27 heavy (non-hydrogen) atoms. The van der Waals surface area contributed by atoms with Gasteiger partial charge in [-0.25, -0.2) is 13.4 Å². The number of ether oxygens (including phenoxy) is 1. The average molecular weight is 410 g/mol. The molecule has 0 bridgehead atoms. The highest BCUT2D eigenvalue weighted by Gasteiger charge is 2.26. The predicted octanol–water partition coefficient (Wildman–Crippen LogP) is 3.07. The van der Waals surface area contributed by atoms with E-state index in [-0.39, 0.29) is 5.75 Å². The van der Waals surface area contributed by atoms with Crippen molar-refractivity contribution in [3.05, 3.63) is 34.7 Å². The van der Waals surface area contributed by atoms with Crippen LogP contribution in [-0.2, 0) is 16.6 Å². The van der Waals surface area contributed by atoms with Gasteiger partial charge in [-0.15, -0.1) is 11.3 Å². The highest BCUT2D eigenvalue weighted by Crippen LogP contribution is 2.25. The Morgan fingerprint density at radius 3 is 2.48 bits per heavy atom. The van der Waals surface area contributed by atoms with Crippen LogP contribution in [0.2, 0.25) is 0 Å². The van der Waals surface area contributed by atoms with E-state index in [1.165, 1.54) is 0 Å². The minimum Gasteiger partial charge on any atom is -0.497 e. The maximum atomic E-state index is 12.3. The highest BCUT2D eigenvalue weighted by atomic mass is 32.2. The summed E-state index contributed by atoms with van der Waals surface area (Å²) in [4.78, 5) is 7.02. The van der Waals surface area contributed by atoms with Gasteiger partial charge in [0.25, 0.3) is 0 Å².